The molecular weight excluding hydrogens is 270 g/mol. The number of alkyl halides is 2. The molecule has 0 bridgehead atoms. The molecule has 5 nitrogen and oxygen atoms in total. The van der Waals surface area contributed by atoms with Crippen LogP contribution in [0.3, 0.4) is 0 Å². The molecule has 0 aliphatic heterocycles. The van der Waals surface area contributed by atoms with Gasteiger partial charge in [0.25, 0.3) is 6.43 Å². The Morgan fingerprint density at radius 3 is 2.65 bits per heavy atom. The zero-order valence-electron chi connectivity index (χ0n) is 10.8. The predicted octanol–water partition coefficient (Wildman–Crippen LogP) is 2.13. The highest BCUT2D eigenvalue weighted by Gasteiger charge is 2.44. The van der Waals surface area contributed by atoms with Crippen LogP contribution < -0.4 is 5.32 Å². The van der Waals surface area contributed by atoms with Crippen LogP contribution in [-0.4, -0.2) is 22.0 Å². The van der Waals surface area contributed by atoms with Gasteiger partial charge in [0.2, 0.25) is 5.91 Å². The van der Waals surface area contributed by atoms with Crippen LogP contribution in [0.1, 0.15) is 47.8 Å². The number of hydrogen-bond donors (Lipinski definition) is 2. The van der Waals surface area contributed by atoms with Gasteiger partial charge in [0, 0.05) is 18.2 Å². The van der Waals surface area contributed by atoms with Gasteiger partial charge in [-0.2, -0.15) is 0 Å². The Balaban J connectivity index is 2.11. The fourth-order valence-electron chi connectivity index (χ4n) is 1.77. The van der Waals surface area contributed by atoms with Crippen molar-refractivity contribution < 1.29 is 23.5 Å². The maximum atomic E-state index is 12.6. The summed E-state index contributed by atoms with van der Waals surface area (Å²) in [5, 5.41) is 11.6. The maximum absolute atomic E-state index is 12.6. The molecule has 0 saturated heterocycles. The molecule has 20 heavy (non-hydrogen) atoms. The number of carboxylic acid groups (broad SMARTS) is 1. The molecule has 0 atom stereocenters. The van der Waals surface area contributed by atoms with Crippen LogP contribution in [-0.2, 0) is 11.3 Å². The summed E-state index contributed by atoms with van der Waals surface area (Å²) in [5.41, 5.74) is -1.26. The van der Waals surface area contributed by atoms with E-state index in [9.17, 15) is 18.4 Å². The monoisotopic (exact) mass is 284 g/mol. The fourth-order valence-corrected chi connectivity index (χ4v) is 1.77. The van der Waals surface area contributed by atoms with Crippen LogP contribution in [0.15, 0.2) is 12.3 Å². The van der Waals surface area contributed by atoms with Crippen molar-refractivity contribution in [2.24, 2.45) is 5.41 Å². The Morgan fingerprint density at radius 2 is 2.15 bits per heavy atom. The first-order valence-corrected chi connectivity index (χ1v) is 6.12. The van der Waals surface area contributed by atoms with Crippen LogP contribution in [0.2, 0.25) is 0 Å². The Hall–Kier alpha value is -2.05. The lowest BCUT2D eigenvalue weighted by Gasteiger charge is -2.11. The van der Waals surface area contributed by atoms with E-state index >= 15 is 0 Å². The Bertz CT molecular complexity index is 557. The summed E-state index contributed by atoms with van der Waals surface area (Å²) in [5.74, 6) is -1.58. The topological polar surface area (TPSA) is 79.3 Å². The molecule has 1 aliphatic carbocycles. The van der Waals surface area contributed by atoms with Gasteiger partial charge in [-0.05, 0) is 24.5 Å². The number of nitrogens with zero attached hydrogens (tertiary/aromatic N) is 1. The summed E-state index contributed by atoms with van der Waals surface area (Å²) in [4.78, 5) is 26.1. The quantitative estimate of drug-likeness (QED) is 0.868. The molecule has 1 saturated carbocycles. The molecule has 1 fully saturated rings. The van der Waals surface area contributed by atoms with Gasteiger partial charge in [0.1, 0.15) is 5.69 Å². The van der Waals surface area contributed by atoms with Gasteiger partial charge in [0.05, 0.1) is 5.56 Å². The molecular formula is C13H14F2N2O3. The Kier molecular flexibility index (Phi) is 3.69. The molecule has 1 aliphatic rings. The second-order valence-electron chi connectivity index (χ2n) is 5.13. The van der Waals surface area contributed by atoms with Crippen molar-refractivity contribution >= 4 is 11.9 Å². The summed E-state index contributed by atoms with van der Waals surface area (Å²) in [6.45, 7) is 1.91. The number of carboxylic acids is 1. The first-order chi connectivity index (χ1) is 9.33. The van der Waals surface area contributed by atoms with Crippen LogP contribution in [0.25, 0.3) is 0 Å². The fraction of sp³-hybridized carbons (Fsp3) is 0.462. The van der Waals surface area contributed by atoms with E-state index in [1.165, 1.54) is 0 Å². The van der Waals surface area contributed by atoms with Gasteiger partial charge in [-0.1, -0.05) is 6.92 Å². The van der Waals surface area contributed by atoms with Gasteiger partial charge in [-0.15, -0.1) is 0 Å². The zero-order valence-corrected chi connectivity index (χ0v) is 10.8. The third-order valence-electron chi connectivity index (χ3n) is 3.41. The smallest absolute Gasteiger partial charge is 0.337 e. The van der Waals surface area contributed by atoms with Crippen molar-refractivity contribution in [2.45, 2.75) is 32.7 Å². The minimum atomic E-state index is -2.95. The van der Waals surface area contributed by atoms with Crippen molar-refractivity contribution in [1.29, 1.82) is 0 Å². The third-order valence-corrected chi connectivity index (χ3v) is 3.41. The molecule has 1 amide bonds. The van der Waals surface area contributed by atoms with E-state index in [-0.39, 0.29) is 17.9 Å². The summed E-state index contributed by atoms with van der Waals surface area (Å²) in [6, 6.07) is 1.12. The number of amides is 1. The number of halogens is 2. The van der Waals surface area contributed by atoms with Crippen molar-refractivity contribution in [2.75, 3.05) is 0 Å². The average Bonchev–Trinajstić information content (AvgIpc) is 3.14. The Labute approximate surface area is 114 Å². The summed E-state index contributed by atoms with van der Waals surface area (Å²) < 4.78 is 25.2. The van der Waals surface area contributed by atoms with Crippen molar-refractivity contribution in [1.82, 2.24) is 10.3 Å². The van der Waals surface area contributed by atoms with Crippen molar-refractivity contribution in [3.8, 4) is 0 Å². The van der Waals surface area contributed by atoms with E-state index in [4.69, 9.17) is 5.11 Å². The summed E-state index contributed by atoms with van der Waals surface area (Å²) in [6.07, 6.45) is -0.150. The number of aromatic nitrogens is 1. The highest BCUT2D eigenvalue weighted by Crippen LogP contribution is 2.45. The predicted molar refractivity (Wildman–Crippen MR) is 65.3 cm³/mol. The van der Waals surface area contributed by atoms with Crippen molar-refractivity contribution in [3.63, 3.8) is 0 Å². The van der Waals surface area contributed by atoms with Gasteiger partial charge < -0.3 is 10.4 Å². The number of aromatic carboxylic acids is 1. The Morgan fingerprint density at radius 1 is 1.50 bits per heavy atom. The number of nitrogens with one attached hydrogen (secondary N) is 1. The van der Waals surface area contributed by atoms with E-state index in [1.54, 1.807) is 0 Å². The lowest BCUT2D eigenvalue weighted by Crippen LogP contribution is -2.29. The molecule has 108 valence electrons. The molecule has 0 aromatic carbocycles. The molecule has 1 aromatic heterocycles. The molecule has 1 aromatic rings. The largest absolute Gasteiger partial charge is 0.478 e. The van der Waals surface area contributed by atoms with E-state index in [0.29, 0.717) is 5.56 Å². The van der Waals surface area contributed by atoms with E-state index < -0.39 is 23.7 Å². The van der Waals surface area contributed by atoms with E-state index in [1.807, 2.05) is 6.92 Å². The van der Waals surface area contributed by atoms with Gasteiger partial charge in [0.15, 0.2) is 0 Å². The number of carbonyl (C=O) groups excluding carboxylic acids is 1. The lowest BCUT2D eigenvalue weighted by atomic mass is 10.1. The molecule has 0 unspecified atom stereocenters. The minimum Gasteiger partial charge on any atom is -0.478 e. The van der Waals surface area contributed by atoms with Crippen LogP contribution in [0.4, 0.5) is 8.78 Å². The van der Waals surface area contributed by atoms with Crippen LogP contribution in [0, 0.1) is 5.41 Å². The van der Waals surface area contributed by atoms with Crippen LogP contribution >= 0.6 is 0 Å². The molecule has 2 rings (SSSR count). The molecule has 0 radical (unpaired) electrons. The van der Waals surface area contributed by atoms with Gasteiger partial charge in [-0.25, -0.2) is 13.6 Å². The standard InChI is InChI=1S/C13H14F2N2O3/c1-13(2-3-13)12(20)17-6-7-4-8(11(18)19)9(10(14)15)16-5-7/h4-5,10H,2-3,6H2,1H3,(H,17,20)(H,18,19). The average molecular weight is 284 g/mol. The molecule has 7 heteroatoms. The van der Waals surface area contributed by atoms with E-state index in [2.05, 4.69) is 10.3 Å². The van der Waals surface area contributed by atoms with Gasteiger partial charge in [-0.3, -0.25) is 9.78 Å². The molecule has 2 N–H and O–H groups in total. The first-order valence-electron chi connectivity index (χ1n) is 6.12. The van der Waals surface area contributed by atoms with Gasteiger partial charge >= 0.3 is 5.97 Å². The van der Waals surface area contributed by atoms with Crippen LogP contribution in [0.5, 0.6) is 0 Å². The zero-order chi connectivity index (χ0) is 14.9. The lowest BCUT2D eigenvalue weighted by molar-refractivity contribution is -0.125. The summed E-state index contributed by atoms with van der Waals surface area (Å²) >= 11 is 0. The maximum Gasteiger partial charge on any atom is 0.337 e. The SMILES string of the molecule is CC1(C(=O)NCc2cnc(C(F)F)c(C(=O)O)c2)CC1. The summed E-state index contributed by atoms with van der Waals surface area (Å²) in [7, 11) is 0. The highest BCUT2D eigenvalue weighted by atomic mass is 19.3. The normalized spacial score (nSPS) is 16.0. The van der Waals surface area contributed by atoms with E-state index in [0.717, 1.165) is 25.1 Å². The number of carbonyl (C=O) groups is 2. The minimum absolute atomic E-state index is 0.0746. The second kappa shape index (κ2) is 5.15. The van der Waals surface area contributed by atoms with Crippen molar-refractivity contribution in [3.05, 3.63) is 29.1 Å². The molecule has 1 heterocycles. The number of pyridine rings is 1. The highest BCUT2D eigenvalue weighted by molar-refractivity contribution is 5.89. The number of rotatable bonds is 5. The first kappa shape index (κ1) is 14.4. The number of hydrogen-bond acceptors (Lipinski definition) is 3. The third kappa shape index (κ3) is 2.92. The second-order valence-corrected chi connectivity index (χ2v) is 5.13. The molecule has 0 spiro atoms.